The van der Waals surface area contributed by atoms with E-state index in [2.05, 4.69) is 53.8 Å². The third kappa shape index (κ3) is 3.54. The van der Waals surface area contributed by atoms with Gasteiger partial charge in [-0.1, -0.05) is 29.3 Å². The van der Waals surface area contributed by atoms with E-state index >= 15 is 0 Å². The molecular weight excluding hydrogens is 276 g/mol. The summed E-state index contributed by atoms with van der Waals surface area (Å²) in [5, 5.41) is 4.42. The predicted octanol–water partition coefficient (Wildman–Crippen LogP) is 4.03. The topological polar surface area (TPSA) is 29.3 Å². The lowest BCUT2D eigenvalue weighted by Crippen LogP contribution is -2.35. The molecule has 21 heavy (non-hydrogen) atoms. The van der Waals surface area contributed by atoms with Crippen LogP contribution in [0.2, 0.25) is 0 Å². The molecule has 1 aromatic carbocycles. The van der Waals surface area contributed by atoms with E-state index in [-0.39, 0.29) is 0 Å². The zero-order valence-electron chi connectivity index (χ0n) is 12.9. The van der Waals surface area contributed by atoms with Crippen molar-refractivity contribution in [1.82, 2.24) is 4.90 Å². The number of hydrogen-bond donors (Lipinski definition) is 1. The van der Waals surface area contributed by atoms with Crippen LogP contribution in [0.15, 0.2) is 35.0 Å². The first-order valence-corrected chi connectivity index (χ1v) is 8.66. The molecule has 0 radical (unpaired) electrons. The van der Waals surface area contributed by atoms with Crippen molar-refractivity contribution in [2.45, 2.75) is 45.3 Å². The Bertz CT molecular complexity index is 567. The van der Waals surface area contributed by atoms with E-state index in [0.29, 0.717) is 18.6 Å². The predicted molar refractivity (Wildman–Crippen MR) is 90.6 cm³/mol. The fourth-order valence-electron chi connectivity index (χ4n) is 3.16. The van der Waals surface area contributed by atoms with Crippen LogP contribution in [-0.2, 0) is 6.54 Å². The van der Waals surface area contributed by atoms with Crippen molar-refractivity contribution in [1.29, 1.82) is 0 Å². The molecule has 3 heteroatoms. The van der Waals surface area contributed by atoms with Crippen LogP contribution in [0.25, 0.3) is 0 Å². The summed E-state index contributed by atoms with van der Waals surface area (Å²) in [5.41, 5.74) is 11.6. The second-order valence-electron chi connectivity index (χ2n) is 6.21. The Kier molecular flexibility index (Phi) is 4.43. The molecule has 1 aliphatic rings. The van der Waals surface area contributed by atoms with Crippen molar-refractivity contribution in [3.05, 3.63) is 57.3 Å². The minimum absolute atomic E-state index is 0.330. The quantitative estimate of drug-likeness (QED) is 0.872. The molecule has 1 unspecified atom stereocenters. The number of aryl methyl sites for hydroxylation is 2. The van der Waals surface area contributed by atoms with Gasteiger partial charge in [0.1, 0.15) is 0 Å². The Hall–Kier alpha value is -1.16. The van der Waals surface area contributed by atoms with Crippen molar-refractivity contribution in [2.24, 2.45) is 5.73 Å². The maximum absolute atomic E-state index is 6.16. The van der Waals surface area contributed by atoms with E-state index in [4.69, 9.17) is 5.73 Å². The fourth-order valence-corrected chi connectivity index (χ4v) is 3.82. The molecule has 1 atom stereocenters. The second-order valence-corrected chi connectivity index (χ2v) is 6.99. The number of hydrogen-bond acceptors (Lipinski definition) is 3. The molecule has 1 fully saturated rings. The minimum atomic E-state index is 0.330. The van der Waals surface area contributed by atoms with Crippen LogP contribution in [0.1, 0.15) is 41.1 Å². The van der Waals surface area contributed by atoms with E-state index in [9.17, 15) is 0 Å². The highest BCUT2D eigenvalue weighted by Gasteiger charge is 2.34. The Labute approximate surface area is 131 Å². The van der Waals surface area contributed by atoms with Gasteiger partial charge >= 0.3 is 0 Å². The summed E-state index contributed by atoms with van der Waals surface area (Å²) >= 11 is 1.78. The molecule has 3 rings (SSSR count). The van der Waals surface area contributed by atoms with Crippen LogP contribution in [0.3, 0.4) is 0 Å². The van der Waals surface area contributed by atoms with Gasteiger partial charge in [-0.2, -0.15) is 11.3 Å². The van der Waals surface area contributed by atoms with Crippen molar-refractivity contribution in [3.63, 3.8) is 0 Å². The number of rotatable bonds is 6. The van der Waals surface area contributed by atoms with Crippen LogP contribution in [0.4, 0.5) is 0 Å². The first-order chi connectivity index (χ1) is 10.2. The summed E-state index contributed by atoms with van der Waals surface area (Å²) in [6.07, 6.45) is 2.62. The average Bonchev–Trinajstić information content (AvgIpc) is 3.15. The number of benzene rings is 1. The fraction of sp³-hybridized carbons (Fsp3) is 0.444. The van der Waals surface area contributed by atoms with Crippen LogP contribution < -0.4 is 5.73 Å². The Morgan fingerprint density at radius 1 is 1.24 bits per heavy atom. The number of thiophene rings is 1. The van der Waals surface area contributed by atoms with E-state index < -0.39 is 0 Å². The Balaban J connectivity index is 1.87. The van der Waals surface area contributed by atoms with E-state index in [1.54, 1.807) is 11.3 Å². The van der Waals surface area contributed by atoms with Gasteiger partial charge in [-0.25, -0.2) is 0 Å². The summed E-state index contributed by atoms with van der Waals surface area (Å²) in [6, 6.07) is 10.1. The average molecular weight is 300 g/mol. The van der Waals surface area contributed by atoms with Gasteiger partial charge in [0.15, 0.2) is 0 Å². The van der Waals surface area contributed by atoms with Gasteiger partial charge in [0.05, 0.1) is 0 Å². The summed E-state index contributed by atoms with van der Waals surface area (Å²) in [7, 11) is 0. The van der Waals surface area contributed by atoms with E-state index in [1.165, 1.54) is 35.1 Å². The van der Waals surface area contributed by atoms with Gasteiger partial charge in [-0.3, -0.25) is 4.90 Å². The van der Waals surface area contributed by atoms with Crippen molar-refractivity contribution >= 4 is 11.3 Å². The van der Waals surface area contributed by atoms with Gasteiger partial charge in [0, 0.05) is 25.2 Å². The lowest BCUT2D eigenvalue weighted by molar-refractivity contribution is 0.182. The normalized spacial score (nSPS) is 16.4. The highest BCUT2D eigenvalue weighted by Crippen LogP contribution is 2.36. The first-order valence-electron chi connectivity index (χ1n) is 7.72. The van der Waals surface area contributed by atoms with Gasteiger partial charge in [0.25, 0.3) is 0 Å². The Morgan fingerprint density at radius 2 is 1.95 bits per heavy atom. The van der Waals surface area contributed by atoms with Crippen LogP contribution in [0, 0.1) is 13.8 Å². The largest absolute Gasteiger partial charge is 0.329 e. The summed E-state index contributed by atoms with van der Waals surface area (Å²) in [5.74, 6) is 0. The molecule has 1 heterocycles. The third-order valence-electron chi connectivity index (χ3n) is 4.21. The van der Waals surface area contributed by atoms with Gasteiger partial charge < -0.3 is 5.73 Å². The third-order valence-corrected chi connectivity index (χ3v) is 4.95. The van der Waals surface area contributed by atoms with Crippen molar-refractivity contribution < 1.29 is 0 Å². The molecule has 1 saturated carbocycles. The van der Waals surface area contributed by atoms with Crippen molar-refractivity contribution in [3.8, 4) is 0 Å². The number of nitrogens with two attached hydrogens (primary N) is 1. The molecule has 0 amide bonds. The molecular formula is C18H24N2S. The molecule has 0 aliphatic heterocycles. The molecule has 2 nitrogen and oxygen atoms in total. The zero-order valence-corrected chi connectivity index (χ0v) is 13.7. The number of nitrogens with zero attached hydrogens (tertiary/aromatic N) is 1. The maximum Gasteiger partial charge on any atom is 0.0477 e. The summed E-state index contributed by atoms with van der Waals surface area (Å²) in [4.78, 5) is 2.61. The molecule has 1 aliphatic carbocycles. The monoisotopic (exact) mass is 300 g/mol. The molecule has 0 saturated heterocycles. The second kappa shape index (κ2) is 6.30. The minimum Gasteiger partial charge on any atom is -0.329 e. The van der Waals surface area contributed by atoms with Crippen molar-refractivity contribution in [2.75, 3.05) is 6.54 Å². The summed E-state index contributed by atoms with van der Waals surface area (Å²) < 4.78 is 0. The standard InChI is InChI=1S/C18H24N2S/c1-13-7-14(2)9-16(8-13)18(10-19)20(17-3-4-17)11-15-5-6-21-12-15/h5-9,12,17-18H,3-4,10-11,19H2,1-2H3. The van der Waals surface area contributed by atoms with E-state index in [0.717, 1.165) is 6.54 Å². The van der Waals surface area contributed by atoms with Crippen LogP contribution in [-0.4, -0.2) is 17.5 Å². The molecule has 0 spiro atoms. The first kappa shape index (κ1) is 14.8. The molecule has 1 aromatic heterocycles. The molecule has 0 bridgehead atoms. The van der Waals surface area contributed by atoms with Gasteiger partial charge in [-0.05, 0) is 54.6 Å². The molecule has 112 valence electrons. The summed E-state index contributed by atoms with van der Waals surface area (Å²) in [6.45, 7) is 6.04. The highest BCUT2D eigenvalue weighted by molar-refractivity contribution is 7.07. The SMILES string of the molecule is Cc1cc(C)cc(C(CN)N(Cc2ccsc2)C2CC2)c1. The smallest absolute Gasteiger partial charge is 0.0477 e. The van der Waals surface area contributed by atoms with Crippen LogP contribution in [0.5, 0.6) is 0 Å². The highest BCUT2D eigenvalue weighted by atomic mass is 32.1. The van der Waals surface area contributed by atoms with Gasteiger partial charge in [-0.15, -0.1) is 0 Å². The molecule has 2 N–H and O–H groups in total. The maximum atomic E-state index is 6.16. The Morgan fingerprint density at radius 3 is 2.48 bits per heavy atom. The van der Waals surface area contributed by atoms with Crippen LogP contribution >= 0.6 is 11.3 Å². The lowest BCUT2D eigenvalue weighted by Gasteiger charge is -2.31. The zero-order chi connectivity index (χ0) is 14.8. The van der Waals surface area contributed by atoms with E-state index in [1.807, 2.05) is 0 Å². The lowest BCUT2D eigenvalue weighted by atomic mass is 9.99. The molecule has 2 aromatic rings. The van der Waals surface area contributed by atoms with Gasteiger partial charge in [0.2, 0.25) is 0 Å².